The molecule has 3 aromatic rings. The fourth-order valence-electron chi connectivity index (χ4n) is 2.36. The van der Waals surface area contributed by atoms with Crippen LogP contribution >= 0.6 is 0 Å². The monoisotopic (exact) mass is 361 g/mol. The van der Waals surface area contributed by atoms with Crippen LogP contribution in [0.2, 0.25) is 0 Å². The molecular formula is C21H19N3O3. The van der Waals surface area contributed by atoms with Crippen molar-refractivity contribution < 1.29 is 14.3 Å². The Balaban J connectivity index is 1.56. The maximum absolute atomic E-state index is 12.2. The van der Waals surface area contributed by atoms with E-state index in [0.717, 1.165) is 5.56 Å². The lowest BCUT2D eigenvalue weighted by Crippen LogP contribution is -2.20. The molecule has 27 heavy (non-hydrogen) atoms. The Morgan fingerprint density at radius 1 is 0.963 bits per heavy atom. The van der Waals surface area contributed by atoms with Gasteiger partial charge in [0, 0.05) is 23.8 Å². The van der Waals surface area contributed by atoms with E-state index in [2.05, 4.69) is 15.6 Å². The third-order valence-corrected chi connectivity index (χ3v) is 3.72. The lowest BCUT2D eigenvalue weighted by atomic mass is 10.2. The number of ether oxygens (including phenoxy) is 1. The van der Waals surface area contributed by atoms with Gasteiger partial charge in [-0.05, 0) is 49.4 Å². The van der Waals surface area contributed by atoms with E-state index in [4.69, 9.17) is 4.74 Å². The second kappa shape index (κ2) is 8.62. The molecule has 2 amide bonds. The van der Waals surface area contributed by atoms with E-state index in [1.807, 2.05) is 31.2 Å². The van der Waals surface area contributed by atoms with E-state index in [9.17, 15) is 9.59 Å². The lowest BCUT2D eigenvalue weighted by molar-refractivity contribution is -0.118. The van der Waals surface area contributed by atoms with Crippen molar-refractivity contribution in [1.82, 2.24) is 4.98 Å². The van der Waals surface area contributed by atoms with Crippen molar-refractivity contribution in [3.05, 3.63) is 84.2 Å². The number of carbonyl (C=O) groups is 2. The first kappa shape index (κ1) is 18.1. The normalized spacial score (nSPS) is 10.1. The van der Waals surface area contributed by atoms with E-state index in [-0.39, 0.29) is 18.4 Å². The van der Waals surface area contributed by atoms with Crippen LogP contribution in [0.4, 0.5) is 11.4 Å². The molecule has 136 valence electrons. The Hall–Kier alpha value is -3.67. The molecule has 1 heterocycles. The van der Waals surface area contributed by atoms with Crippen molar-refractivity contribution in [3.63, 3.8) is 0 Å². The molecule has 0 unspecified atom stereocenters. The molecule has 0 aliphatic rings. The van der Waals surface area contributed by atoms with Gasteiger partial charge >= 0.3 is 0 Å². The zero-order valence-corrected chi connectivity index (χ0v) is 14.8. The molecule has 6 heteroatoms. The van der Waals surface area contributed by atoms with Crippen LogP contribution in [0.3, 0.4) is 0 Å². The van der Waals surface area contributed by atoms with Crippen LogP contribution in [0.1, 0.15) is 15.9 Å². The van der Waals surface area contributed by atoms with E-state index in [0.29, 0.717) is 22.7 Å². The van der Waals surface area contributed by atoms with Gasteiger partial charge in [-0.15, -0.1) is 0 Å². The minimum Gasteiger partial charge on any atom is -0.484 e. The van der Waals surface area contributed by atoms with Gasteiger partial charge in [-0.25, -0.2) is 0 Å². The van der Waals surface area contributed by atoms with Crippen molar-refractivity contribution in [1.29, 1.82) is 0 Å². The molecule has 0 aliphatic carbocycles. The molecule has 2 N–H and O–H groups in total. The molecule has 2 aromatic carbocycles. The van der Waals surface area contributed by atoms with Crippen LogP contribution in [0.25, 0.3) is 0 Å². The molecule has 0 spiro atoms. The SMILES string of the molecule is Cc1ccc(OCC(=O)Nc2cccc(NC(=O)c3cccnc3)c2)cc1. The smallest absolute Gasteiger partial charge is 0.262 e. The Labute approximate surface area is 157 Å². The van der Waals surface area contributed by atoms with Crippen LogP contribution in [-0.2, 0) is 4.79 Å². The number of aryl methyl sites for hydroxylation is 1. The van der Waals surface area contributed by atoms with Crippen molar-refractivity contribution >= 4 is 23.2 Å². The van der Waals surface area contributed by atoms with Gasteiger partial charge in [-0.2, -0.15) is 0 Å². The average molecular weight is 361 g/mol. The van der Waals surface area contributed by atoms with Gasteiger partial charge in [-0.1, -0.05) is 23.8 Å². The second-order valence-corrected chi connectivity index (χ2v) is 5.93. The molecule has 1 aromatic heterocycles. The number of aromatic nitrogens is 1. The molecule has 6 nitrogen and oxygen atoms in total. The minimum absolute atomic E-state index is 0.102. The summed E-state index contributed by atoms with van der Waals surface area (Å²) in [5.74, 6) is 0.0776. The highest BCUT2D eigenvalue weighted by molar-refractivity contribution is 6.04. The summed E-state index contributed by atoms with van der Waals surface area (Å²) in [4.78, 5) is 28.2. The van der Waals surface area contributed by atoms with E-state index in [1.165, 1.54) is 6.20 Å². The van der Waals surface area contributed by atoms with Gasteiger partial charge in [0.25, 0.3) is 11.8 Å². The van der Waals surface area contributed by atoms with E-state index in [1.54, 1.807) is 42.6 Å². The van der Waals surface area contributed by atoms with Crippen LogP contribution < -0.4 is 15.4 Å². The zero-order valence-electron chi connectivity index (χ0n) is 14.8. The summed E-state index contributed by atoms with van der Waals surface area (Å²) in [6, 6.07) is 17.7. The summed E-state index contributed by atoms with van der Waals surface area (Å²) in [6.45, 7) is 1.88. The molecule has 0 bridgehead atoms. The topological polar surface area (TPSA) is 80.3 Å². The van der Waals surface area contributed by atoms with Gasteiger partial charge < -0.3 is 15.4 Å². The second-order valence-electron chi connectivity index (χ2n) is 5.93. The Kier molecular flexibility index (Phi) is 5.79. The number of hydrogen-bond donors (Lipinski definition) is 2. The number of nitrogens with one attached hydrogen (secondary N) is 2. The van der Waals surface area contributed by atoms with Crippen LogP contribution in [-0.4, -0.2) is 23.4 Å². The van der Waals surface area contributed by atoms with Crippen molar-refractivity contribution in [3.8, 4) is 5.75 Å². The molecule has 0 atom stereocenters. The van der Waals surface area contributed by atoms with Gasteiger partial charge in [0.2, 0.25) is 0 Å². The van der Waals surface area contributed by atoms with Crippen molar-refractivity contribution in [2.75, 3.05) is 17.2 Å². The fraction of sp³-hybridized carbons (Fsp3) is 0.0952. The Bertz CT molecular complexity index is 925. The summed E-state index contributed by atoms with van der Waals surface area (Å²) in [5.41, 5.74) is 2.72. The van der Waals surface area contributed by atoms with E-state index >= 15 is 0 Å². The zero-order chi connectivity index (χ0) is 19.1. The van der Waals surface area contributed by atoms with Crippen LogP contribution in [0.15, 0.2) is 73.1 Å². The van der Waals surface area contributed by atoms with Crippen LogP contribution in [0.5, 0.6) is 5.75 Å². The first-order chi connectivity index (χ1) is 13.1. The van der Waals surface area contributed by atoms with E-state index < -0.39 is 0 Å². The maximum Gasteiger partial charge on any atom is 0.262 e. The molecule has 0 fully saturated rings. The highest BCUT2D eigenvalue weighted by Gasteiger charge is 2.08. The first-order valence-corrected chi connectivity index (χ1v) is 8.41. The number of anilines is 2. The molecule has 0 saturated carbocycles. The highest BCUT2D eigenvalue weighted by atomic mass is 16.5. The standard InChI is InChI=1S/C21H19N3O3/c1-15-7-9-19(10-8-15)27-14-20(25)23-17-5-2-6-18(12-17)24-21(26)16-4-3-11-22-13-16/h2-13H,14H2,1H3,(H,23,25)(H,24,26). The fourth-order valence-corrected chi connectivity index (χ4v) is 2.36. The number of hydrogen-bond acceptors (Lipinski definition) is 4. The summed E-state index contributed by atoms with van der Waals surface area (Å²) < 4.78 is 5.46. The van der Waals surface area contributed by atoms with Gasteiger partial charge in [0.1, 0.15) is 5.75 Å². The highest BCUT2D eigenvalue weighted by Crippen LogP contribution is 2.16. The molecule has 3 rings (SSSR count). The van der Waals surface area contributed by atoms with Gasteiger partial charge in [-0.3, -0.25) is 14.6 Å². The van der Waals surface area contributed by atoms with Crippen molar-refractivity contribution in [2.24, 2.45) is 0 Å². The quantitative estimate of drug-likeness (QED) is 0.702. The number of nitrogens with zero attached hydrogens (tertiary/aromatic N) is 1. The first-order valence-electron chi connectivity index (χ1n) is 8.41. The summed E-state index contributed by atoms with van der Waals surface area (Å²) in [7, 11) is 0. The van der Waals surface area contributed by atoms with Crippen LogP contribution in [0, 0.1) is 6.92 Å². The largest absolute Gasteiger partial charge is 0.484 e. The minimum atomic E-state index is -0.286. The predicted octanol–water partition coefficient (Wildman–Crippen LogP) is 3.66. The summed E-state index contributed by atoms with van der Waals surface area (Å²) in [5, 5.41) is 5.52. The maximum atomic E-state index is 12.2. The number of rotatable bonds is 6. The van der Waals surface area contributed by atoms with Gasteiger partial charge in [0.05, 0.1) is 5.56 Å². The number of amides is 2. The number of benzene rings is 2. The molecule has 0 saturated heterocycles. The summed E-state index contributed by atoms with van der Waals surface area (Å²) >= 11 is 0. The predicted molar refractivity (Wildman–Crippen MR) is 104 cm³/mol. The summed E-state index contributed by atoms with van der Waals surface area (Å²) in [6.07, 6.45) is 3.09. The molecular weight excluding hydrogens is 342 g/mol. The average Bonchev–Trinajstić information content (AvgIpc) is 2.68. The lowest BCUT2D eigenvalue weighted by Gasteiger charge is -2.10. The third kappa shape index (κ3) is 5.40. The number of pyridine rings is 1. The van der Waals surface area contributed by atoms with Gasteiger partial charge in [0.15, 0.2) is 6.61 Å². The van der Waals surface area contributed by atoms with Crippen molar-refractivity contribution in [2.45, 2.75) is 6.92 Å². The molecule has 0 radical (unpaired) electrons. The molecule has 0 aliphatic heterocycles. The third-order valence-electron chi connectivity index (χ3n) is 3.72. The Morgan fingerprint density at radius 2 is 1.70 bits per heavy atom. The number of carbonyl (C=O) groups excluding carboxylic acids is 2. The Morgan fingerprint density at radius 3 is 2.41 bits per heavy atom.